The average molecular weight is 263 g/mol. The summed E-state index contributed by atoms with van der Waals surface area (Å²) in [6.45, 7) is 0.702. The highest BCUT2D eigenvalue weighted by molar-refractivity contribution is 6.42. The molecular weight excluding hydrogens is 251 g/mol. The van der Waals surface area contributed by atoms with Gasteiger partial charge in [0.2, 0.25) is 0 Å². The second-order valence-electron chi connectivity index (χ2n) is 3.32. The molecule has 0 amide bonds. The molecule has 0 spiro atoms. The van der Waals surface area contributed by atoms with E-state index in [4.69, 9.17) is 34.0 Å². The van der Waals surface area contributed by atoms with Crippen molar-refractivity contribution in [1.82, 2.24) is 5.32 Å². The Morgan fingerprint density at radius 1 is 1.44 bits per heavy atom. The van der Waals surface area contributed by atoms with Crippen molar-refractivity contribution < 1.29 is 9.90 Å². The molecule has 0 saturated carbocycles. The molecule has 1 rings (SSSR count). The molecule has 0 fully saturated rings. The number of halogens is 2. The molecule has 0 heterocycles. The Morgan fingerprint density at radius 3 is 2.69 bits per heavy atom. The lowest BCUT2D eigenvalue weighted by atomic mass is 10.2. The number of carboxylic acid groups (broad SMARTS) is 1. The van der Waals surface area contributed by atoms with Gasteiger partial charge in [-0.05, 0) is 17.7 Å². The van der Waals surface area contributed by atoms with Crippen LogP contribution in [0.3, 0.4) is 0 Å². The molecule has 0 aromatic heterocycles. The van der Waals surface area contributed by atoms with Gasteiger partial charge in [0.1, 0.15) is 6.04 Å². The number of hydrogen-bond donors (Lipinski definition) is 3. The van der Waals surface area contributed by atoms with Crippen LogP contribution in [0.2, 0.25) is 10.0 Å². The highest BCUT2D eigenvalue weighted by Crippen LogP contribution is 2.22. The Bertz CT molecular complexity index is 385. The second-order valence-corrected chi connectivity index (χ2v) is 4.14. The van der Waals surface area contributed by atoms with E-state index < -0.39 is 12.0 Å². The van der Waals surface area contributed by atoms with E-state index in [-0.39, 0.29) is 6.54 Å². The van der Waals surface area contributed by atoms with E-state index in [2.05, 4.69) is 5.32 Å². The lowest BCUT2D eigenvalue weighted by Gasteiger charge is -2.08. The van der Waals surface area contributed by atoms with Crippen LogP contribution in [-0.4, -0.2) is 23.7 Å². The molecule has 1 unspecified atom stereocenters. The number of rotatable bonds is 5. The van der Waals surface area contributed by atoms with Crippen molar-refractivity contribution in [3.63, 3.8) is 0 Å². The highest BCUT2D eigenvalue weighted by Gasteiger charge is 2.10. The summed E-state index contributed by atoms with van der Waals surface area (Å²) in [6.07, 6.45) is 0. The maximum Gasteiger partial charge on any atom is 0.321 e. The fourth-order valence-electron chi connectivity index (χ4n) is 1.11. The molecule has 0 aliphatic carbocycles. The van der Waals surface area contributed by atoms with Crippen LogP contribution in [0.5, 0.6) is 0 Å². The number of nitrogens with one attached hydrogen (secondary N) is 1. The van der Waals surface area contributed by atoms with E-state index in [1.165, 1.54) is 0 Å². The predicted molar refractivity (Wildman–Crippen MR) is 63.8 cm³/mol. The minimum absolute atomic E-state index is 0.204. The number of carbonyl (C=O) groups is 1. The molecule has 0 aliphatic heterocycles. The number of hydrogen-bond acceptors (Lipinski definition) is 3. The molecule has 88 valence electrons. The summed E-state index contributed by atoms with van der Waals surface area (Å²) in [7, 11) is 0. The zero-order valence-electron chi connectivity index (χ0n) is 8.41. The van der Waals surface area contributed by atoms with Gasteiger partial charge in [-0.25, -0.2) is 0 Å². The first-order valence-corrected chi connectivity index (χ1v) is 5.39. The van der Waals surface area contributed by atoms with Crippen LogP contribution in [-0.2, 0) is 11.3 Å². The molecule has 16 heavy (non-hydrogen) atoms. The van der Waals surface area contributed by atoms with Crippen molar-refractivity contribution in [3.8, 4) is 0 Å². The first-order chi connectivity index (χ1) is 7.50. The van der Waals surface area contributed by atoms with Crippen molar-refractivity contribution in [1.29, 1.82) is 0 Å². The van der Waals surface area contributed by atoms with Crippen molar-refractivity contribution in [2.24, 2.45) is 5.73 Å². The molecule has 1 aromatic rings. The normalized spacial score (nSPS) is 12.4. The molecule has 4 nitrogen and oxygen atoms in total. The minimum Gasteiger partial charge on any atom is -0.480 e. The van der Waals surface area contributed by atoms with Crippen LogP contribution in [0.1, 0.15) is 5.56 Å². The Labute approximate surface area is 103 Å². The Morgan fingerprint density at radius 2 is 2.12 bits per heavy atom. The zero-order chi connectivity index (χ0) is 12.1. The zero-order valence-corrected chi connectivity index (χ0v) is 9.92. The monoisotopic (exact) mass is 262 g/mol. The third kappa shape index (κ3) is 3.98. The lowest BCUT2D eigenvalue weighted by Crippen LogP contribution is -2.40. The van der Waals surface area contributed by atoms with Gasteiger partial charge >= 0.3 is 5.97 Å². The van der Waals surface area contributed by atoms with Gasteiger partial charge in [0.25, 0.3) is 0 Å². The van der Waals surface area contributed by atoms with Crippen LogP contribution in [0.25, 0.3) is 0 Å². The maximum absolute atomic E-state index is 10.4. The number of aliphatic carboxylic acids is 1. The second kappa shape index (κ2) is 6.06. The van der Waals surface area contributed by atoms with Gasteiger partial charge in [0, 0.05) is 13.1 Å². The molecule has 0 saturated heterocycles. The summed E-state index contributed by atoms with van der Waals surface area (Å²) in [4.78, 5) is 10.4. The summed E-state index contributed by atoms with van der Waals surface area (Å²) in [5.74, 6) is -1.03. The highest BCUT2D eigenvalue weighted by atomic mass is 35.5. The summed E-state index contributed by atoms with van der Waals surface area (Å²) >= 11 is 11.6. The summed E-state index contributed by atoms with van der Waals surface area (Å²) in [5, 5.41) is 12.4. The van der Waals surface area contributed by atoms with Gasteiger partial charge in [0.15, 0.2) is 0 Å². The van der Waals surface area contributed by atoms with E-state index in [1.54, 1.807) is 12.1 Å². The molecular formula is C10H12Cl2N2O2. The van der Waals surface area contributed by atoms with Gasteiger partial charge in [-0.1, -0.05) is 29.3 Å². The van der Waals surface area contributed by atoms with E-state index in [1.807, 2.05) is 6.07 Å². The number of nitrogens with two attached hydrogens (primary N) is 1. The smallest absolute Gasteiger partial charge is 0.321 e. The van der Waals surface area contributed by atoms with Crippen LogP contribution in [0, 0.1) is 0 Å². The predicted octanol–water partition coefficient (Wildman–Crippen LogP) is 1.49. The van der Waals surface area contributed by atoms with Gasteiger partial charge < -0.3 is 16.2 Å². The van der Waals surface area contributed by atoms with Gasteiger partial charge in [-0.15, -0.1) is 0 Å². The van der Waals surface area contributed by atoms with Crippen molar-refractivity contribution in [3.05, 3.63) is 33.8 Å². The van der Waals surface area contributed by atoms with Crippen LogP contribution < -0.4 is 11.1 Å². The fraction of sp³-hybridized carbons (Fsp3) is 0.300. The maximum atomic E-state index is 10.4. The standard InChI is InChI=1S/C10H12Cl2N2O2/c11-7-2-1-6(3-8(7)12)4-14-5-9(13)10(15)16/h1-3,9,14H,4-5,13H2,(H,15,16). The Balaban J connectivity index is 2.43. The summed E-state index contributed by atoms with van der Waals surface area (Å²) < 4.78 is 0. The third-order valence-corrected chi connectivity index (χ3v) is 2.73. The van der Waals surface area contributed by atoms with Gasteiger partial charge in [-0.3, -0.25) is 4.79 Å². The minimum atomic E-state index is -1.03. The molecule has 1 aromatic carbocycles. The van der Waals surface area contributed by atoms with Crippen LogP contribution in [0.15, 0.2) is 18.2 Å². The Kier molecular flexibility index (Phi) is 5.02. The lowest BCUT2D eigenvalue weighted by molar-refractivity contribution is -0.138. The topological polar surface area (TPSA) is 75.3 Å². The van der Waals surface area contributed by atoms with Crippen molar-refractivity contribution in [2.45, 2.75) is 12.6 Å². The fourth-order valence-corrected chi connectivity index (χ4v) is 1.43. The van der Waals surface area contributed by atoms with Gasteiger partial charge in [0.05, 0.1) is 10.0 Å². The van der Waals surface area contributed by atoms with Crippen molar-refractivity contribution >= 4 is 29.2 Å². The summed E-state index contributed by atoms with van der Waals surface area (Å²) in [5.41, 5.74) is 6.25. The van der Waals surface area contributed by atoms with Gasteiger partial charge in [-0.2, -0.15) is 0 Å². The SMILES string of the molecule is NC(CNCc1ccc(Cl)c(Cl)c1)C(=O)O. The molecule has 0 radical (unpaired) electrons. The van der Waals surface area contributed by atoms with Crippen molar-refractivity contribution in [2.75, 3.05) is 6.54 Å². The largest absolute Gasteiger partial charge is 0.480 e. The molecule has 0 aliphatic rings. The average Bonchev–Trinajstić information content (AvgIpc) is 2.23. The molecule has 6 heteroatoms. The van der Waals surface area contributed by atoms with E-state index in [0.717, 1.165) is 5.56 Å². The number of carboxylic acids is 1. The quantitative estimate of drug-likeness (QED) is 0.752. The third-order valence-electron chi connectivity index (χ3n) is 1.99. The first kappa shape index (κ1) is 13.3. The van der Waals surface area contributed by atoms with E-state index in [0.29, 0.717) is 16.6 Å². The molecule has 0 bridgehead atoms. The Hall–Kier alpha value is -0.810. The van der Waals surface area contributed by atoms with E-state index >= 15 is 0 Å². The first-order valence-electron chi connectivity index (χ1n) is 4.63. The summed E-state index contributed by atoms with van der Waals surface area (Å²) in [6, 6.07) is 4.33. The molecule has 1 atom stereocenters. The van der Waals surface area contributed by atoms with Crippen LogP contribution >= 0.6 is 23.2 Å². The van der Waals surface area contributed by atoms with Crippen LogP contribution in [0.4, 0.5) is 0 Å². The number of benzene rings is 1. The van der Waals surface area contributed by atoms with E-state index in [9.17, 15) is 4.79 Å². The molecule has 4 N–H and O–H groups in total.